The number of rotatable bonds is 4. The molecule has 7 nitrogen and oxygen atoms in total. The number of aromatic nitrogens is 4. The van der Waals surface area contributed by atoms with Gasteiger partial charge in [0, 0.05) is 11.9 Å². The van der Waals surface area contributed by atoms with Crippen molar-refractivity contribution in [1.82, 2.24) is 20.2 Å². The number of aryl methyl sites for hydroxylation is 2. The maximum atomic E-state index is 12.5. The van der Waals surface area contributed by atoms with Gasteiger partial charge in [-0.15, -0.1) is 0 Å². The van der Waals surface area contributed by atoms with Crippen molar-refractivity contribution < 1.29 is 4.79 Å². The Bertz CT molecular complexity index is 928. The molecule has 7 heteroatoms. The smallest absolute Gasteiger partial charge is 0.261 e. The first-order valence-electron chi connectivity index (χ1n) is 7.59. The van der Waals surface area contributed by atoms with E-state index in [1.807, 2.05) is 19.9 Å². The molecule has 1 amide bonds. The average molecular weight is 323 g/mol. The third-order valence-corrected chi connectivity index (χ3v) is 3.75. The number of nitrogens with one attached hydrogen (secondary N) is 3. The molecule has 0 fully saturated rings. The summed E-state index contributed by atoms with van der Waals surface area (Å²) in [5.74, 6) is -0.486. The normalized spacial score (nSPS) is 10.6. The Balaban J connectivity index is 1.91. The van der Waals surface area contributed by atoms with E-state index < -0.39 is 11.5 Å². The van der Waals surface area contributed by atoms with E-state index in [0.717, 1.165) is 11.3 Å². The van der Waals surface area contributed by atoms with Crippen LogP contribution in [0.25, 0.3) is 11.4 Å². The number of hydrogen-bond donors (Lipinski definition) is 3. The molecule has 0 saturated carbocycles. The van der Waals surface area contributed by atoms with Gasteiger partial charge in [-0.3, -0.25) is 19.7 Å². The molecule has 3 heterocycles. The van der Waals surface area contributed by atoms with Crippen molar-refractivity contribution in [3.8, 4) is 11.4 Å². The molecule has 24 heavy (non-hydrogen) atoms. The Morgan fingerprint density at radius 3 is 2.88 bits per heavy atom. The maximum absolute atomic E-state index is 12.5. The van der Waals surface area contributed by atoms with Gasteiger partial charge in [-0.25, -0.2) is 0 Å². The summed E-state index contributed by atoms with van der Waals surface area (Å²) in [7, 11) is 0. The monoisotopic (exact) mass is 323 g/mol. The second-order valence-corrected chi connectivity index (χ2v) is 5.36. The van der Waals surface area contributed by atoms with Gasteiger partial charge in [0.25, 0.3) is 11.5 Å². The molecule has 0 aromatic carbocycles. The molecule has 0 atom stereocenters. The van der Waals surface area contributed by atoms with Crippen molar-refractivity contribution in [1.29, 1.82) is 0 Å². The molecule has 0 radical (unpaired) electrons. The van der Waals surface area contributed by atoms with Crippen molar-refractivity contribution in [2.24, 2.45) is 0 Å². The zero-order chi connectivity index (χ0) is 17.1. The first-order valence-corrected chi connectivity index (χ1v) is 7.59. The summed E-state index contributed by atoms with van der Waals surface area (Å²) < 4.78 is 0. The number of aromatic amines is 2. The Morgan fingerprint density at radius 1 is 1.33 bits per heavy atom. The fourth-order valence-corrected chi connectivity index (χ4v) is 2.48. The summed E-state index contributed by atoms with van der Waals surface area (Å²) in [5, 5.41) is 9.48. The lowest BCUT2D eigenvalue weighted by atomic mass is 10.1. The second-order valence-electron chi connectivity index (χ2n) is 5.36. The predicted molar refractivity (Wildman–Crippen MR) is 90.9 cm³/mol. The molecule has 0 unspecified atom stereocenters. The molecule has 0 aliphatic heterocycles. The highest BCUT2D eigenvalue weighted by Gasteiger charge is 2.16. The number of pyridine rings is 2. The number of hydrogen-bond acceptors (Lipinski definition) is 4. The van der Waals surface area contributed by atoms with Crippen molar-refractivity contribution >= 4 is 11.6 Å². The zero-order valence-corrected chi connectivity index (χ0v) is 13.4. The van der Waals surface area contributed by atoms with Crippen LogP contribution in [0.15, 0.2) is 41.5 Å². The van der Waals surface area contributed by atoms with Gasteiger partial charge in [-0.1, -0.05) is 13.0 Å². The van der Waals surface area contributed by atoms with Gasteiger partial charge in [0.15, 0.2) is 0 Å². The van der Waals surface area contributed by atoms with Crippen LogP contribution in [-0.4, -0.2) is 26.1 Å². The molecule has 3 rings (SSSR count). The van der Waals surface area contributed by atoms with Crippen molar-refractivity contribution in [3.63, 3.8) is 0 Å². The number of amides is 1. The molecule has 0 spiro atoms. The zero-order valence-electron chi connectivity index (χ0n) is 13.4. The standard InChI is InChI=1S/C17H17N5O2/c1-3-12-10(2)8-11(16(23)20-12)17(24)21-14-9-19-22-15(14)13-6-4-5-7-18-13/h4-9H,3H2,1-2H3,(H,19,22)(H,20,23)(H,21,24). The van der Waals surface area contributed by atoms with Crippen molar-refractivity contribution in [2.45, 2.75) is 20.3 Å². The van der Waals surface area contributed by atoms with Gasteiger partial charge in [-0.2, -0.15) is 5.10 Å². The summed E-state index contributed by atoms with van der Waals surface area (Å²) in [6.07, 6.45) is 3.84. The third kappa shape index (κ3) is 2.96. The highest BCUT2D eigenvalue weighted by molar-refractivity contribution is 6.05. The molecule has 0 aliphatic carbocycles. The lowest BCUT2D eigenvalue weighted by Crippen LogP contribution is -2.24. The van der Waals surface area contributed by atoms with Crippen molar-refractivity contribution in [3.05, 3.63) is 63.8 Å². The van der Waals surface area contributed by atoms with Crippen LogP contribution in [0.4, 0.5) is 5.69 Å². The van der Waals surface area contributed by atoms with Crippen LogP contribution in [-0.2, 0) is 6.42 Å². The minimum absolute atomic E-state index is 0.0675. The van der Waals surface area contributed by atoms with E-state index in [1.165, 1.54) is 6.20 Å². The Kier molecular flexibility index (Phi) is 4.24. The van der Waals surface area contributed by atoms with E-state index in [4.69, 9.17) is 0 Å². The summed E-state index contributed by atoms with van der Waals surface area (Å²) in [6.45, 7) is 3.81. The molecule has 0 aliphatic rings. The molecule has 3 N–H and O–H groups in total. The van der Waals surface area contributed by atoms with Gasteiger partial charge >= 0.3 is 0 Å². The molecule has 122 valence electrons. The SMILES string of the molecule is CCc1[nH]c(=O)c(C(=O)Nc2cn[nH]c2-c2ccccn2)cc1C. The first-order chi connectivity index (χ1) is 11.6. The Labute approximate surface area is 138 Å². The number of anilines is 1. The quantitative estimate of drug-likeness (QED) is 0.685. The highest BCUT2D eigenvalue weighted by atomic mass is 16.2. The minimum Gasteiger partial charge on any atom is -0.325 e. The summed E-state index contributed by atoms with van der Waals surface area (Å²) in [4.78, 5) is 31.6. The average Bonchev–Trinajstić information content (AvgIpc) is 3.05. The third-order valence-electron chi connectivity index (χ3n) is 3.75. The van der Waals surface area contributed by atoms with E-state index in [-0.39, 0.29) is 5.56 Å². The summed E-state index contributed by atoms with van der Waals surface area (Å²) in [5.41, 5.74) is 3.07. The lowest BCUT2D eigenvalue weighted by molar-refractivity contribution is 0.102. The minimum atomic E-state index is -0.486. The number of carbonyl (C=O) groups is 1. The van der Waals surface area contributed by atoms with E-state index in [9.17, 15) is 9.59 Å². The summed E-state index contributed by atoms with van der Waals surface area (Å²) in [6, 6.07) is 7.05. The first kappa shape index (κ1) is 15.7. The predicted octanol–water partition coefficient (Wildman–Crippen LogP) is 2.28. The fraction of sp³-hybridized carbons (Fsp3) is 0.176. The number of H-pyrrole nitrogens is 2. The maximum Gasteiger partial charge on any atom is 0.261 e. The van der Waals surface area contributed by atoms with Crippen LogP contribution in [0.5, 0.6) is 0 Å². The van der Waals surface area contributed by atoms with Crippen LogP contribution >= 0.6 is 0 Å². The van der Waals surface area contributed by atoms with Gasteiger partial charge in [0.05, 0.1) is 17.6 Å². The van der Waals surface area contributed by atoms with Crippen LogP contribution in [0.2, 0.25) is 0 Å². The van der Waals surface area contributed by atoms with Gasteiger partial charge in [0.2, 0.25) is 0 Å². The van der Waals surface area contributed by atoms with Gasteiger partial charge < -0.3 is 10.3 Å². The van der Waals surface area contributed by atoms with Crippen molar-refractivity contribution in [2.75, 3.05) is 5.32 Å². The van der Waals surface area contributed by atoms with E-state index in [0.29, 0.717) is 23.5 Å². The number of nitrogens with zero attached hydrogens (tertiary/aromatic N) is 2. The topological polar surface area (TPSA) is 104 Å². The molecule has 3 aromatic rings. The largest absolute Gasteiger partial charge is 0.325 e. The molecule has 0 saturated heterocycles. The second kappa shape index (κ2) is 6.49. The number of carbonyl (C=O) groups excluding carboxylic acids is 1. The van der Waals surface area contributed by atoms with E-state index in [2.05, 4.69) is 25.5 Å². The van der Waals surface area contributed by atoms with Crippen LogP contribution in [0.3, 0.4) is 0 Å². The lowest BCUT2D eigenvalue weighted by Gasteiger charge is -2.08. The van der Waals surface area contributed by atoms with Crippen LogP contribution < -0.4 is 10.9 Å². The van der Waals surface area contributed by atoms with Gasteiger partial charge in [-0.05, 0) is 37.1 Å². The highest BCUT2D eigenvalue weighted by Crippen LogP contribution is 2.23. The van der Waals surface area contributed by atoms with Gasteiger partial charge in [0.1, 0.15) is 11.3 Å². The van der Waals surface area contributed by atoms with Crippen LogP contribution in [0.1, 0.15) is 28.5 Å². The molecule has 0 bridgehead atoms. The molecular formula is C17H17N5O2. The Morgan fingerprint density at radius 2 is 2.17 bits per heavy atom. The van der Waals surface area contributed by atoms with E-state index >= 15 is 0 Å². The summed E-state index contributed by atoms with van der Waals surface area (Å²) >= 11 is 0. The van der Waals surface area contributed by atoms with E-state index in [1.54, 1.807) is 24.4 Å². The fourth-order valence-electron chi connectivity index (χ4n) is 2.48. The molecular weight excluding hydrogens is 306 g/mol. The Hall–Kier alpha value is -3.22. The van der Waals surface area contributed by atoms with Crippen LogP contribution in [0, 0.1) is 6.92 Å². The molecule has 3 aromatic heterocycles.